The Morgan fingerprint density at radius 3 is 1.41 bits per heavy atom. The van der Waals surface area contributed by atoms with E-state index in [1.807, 2.05) is 12.1 Å². The molecule has 0 amide bonds. The zero-order chi connectivity index (χ0) is 45.7. The molecule has 11 aromatic carbocycles. The van der Waals surface area contributed by atoms with Crippen LogP contribution >= 0.6 is 0 Å². The van der Waals surface area contributed by atoms with Crippen molar-refractivity contribution >= 4 is 60.8 Å². The van der Waals surface area contributed by atoms with E-state index < -0.39 is 0 Å². The molecule has 0 saturated carbocycles. The number of rotatable bonds is 9. The largest absolute Gasteiger partial charge is 0.456 e. The standard InChI is InChI=1S/C66H44N2O/c1-2-18-46(19-3-1)51-20-4-5-22-53(51)54-23-6-7-24-55(54)56-25-9-14-30-62(56)67(49-39-34-45(35-40-49)48-38-43-60-59-28-12-17-33-65(59)69-66(60)44-48)50-41-36-47(37-42-50)52-21-8-13-29-61(52)68-63-31-15-10-26-57(63)58-27-11-16-32-64(58)68/h1-44H. The lowest BCUT2D eigenvalue weighted by Crippen LogP contribution is -2.11. The van der Waals surface area contributed by atoms with Crippen LogP contribution in [0.25, 0.3) is 105 Å². The number of anilines is 3. The number of para-hydroxylation sites is 5. The lowest BCUT2D eigenvalue weighted by molar-refractivity contribution is 0.669. The Labute approximate surface area is 401 Å². The second-order valence-corrected chi connectivity index (χ2v) is 17.6. The van der Waals surface area contributed by atoms with E-state index in [1.165, 1.54) is 49.6 Å². The topological polar surface area (TPSA) is 21.3 Å². The maximum absolute atomic E-state index is 6.32. The molecule has 0 radical (unpaired) electrons. The smallest absolute Gasteiger partial charge is 0.136 e. The highest BCUT2D eigenvalue weighted by molar-refractivity contribution is 6.10. The molecule has 0 aliphatic heterocycles. The number of furan rings is 1. The number of nitrogens with zero attached hydrogens (tertiary/aromatic N) is 2. The summed E-state index contributed by atoms with van der Waals surface area (Å²) >= 11 is 0. The Bertz CT molecular complexity index is 3960. The van der Waals surface area contributed by atoms with E-state index in [2.05, 4.69) is 264 Å². The maximum atomic E-state index is 6.32. The third kappa shape index (κ3) is 6.99. The molecule has 0 aliphatic rings. The molecule has 0 aliphatic carbocycles. The fourth-order valence-corrected chi connectivity index (χ4v) is 10.5. The van der Waals surface area contributed by atoms with E-state index in [1.54, 1.807) is 0 Å². The van der Waals surface area contributed by atoms with Crippen molar-refractivity contribution in [2.24, 2.45) is 0 Å². The maximum Gasteiger partial charge on any atom is 0.136 e. The summed E-state index contributed by atoms with van der Waals surface area (Å²) in [6.45, 7) is 0. The van der Waals surface area contributed by atoms with E-state index in [0.717, 1.165) is 72.5 Å². The lowest BCUT2D eigenvalue weighted by Gasteiger charge is -2.29. The first kappa shape index (κ1) is 40.1. The molecular weight excluding hydrogens is 837 g/mol. The van der Waals surface area contributed by atoms with Gasteiger partial charge in [-0.15, -0.1) is 0 Å². The summed E-state index contributed by atoms with van der Waals surface area (Å²) in [4.78, 5) is 2.41. The third-order valence-electron chi connectivity index (χ3n) is 13.7. The molecule has 69 heavy (non-hydrogen) atoms. The highest BCUT2D eigenvalue weighted by Crippen LogP contribution is 2.46. The van der Waals surface area contributed by atoms with Crippen LogP contribution in [0.5, 0.6) is 0 Å². The van der Waals surface area contributed by atoms with Crippen LogP contribution in [-0.2, 0) is 0 Å². The molecule has 0 N–H and O–H groups in total. The van der Waals surface area contributed by atoms with Crippen molar-refractivity contribution in [3.05, 3.63) is 267 Å². The Morgan fingerprint density at radius 2 is 0.725 bits per heavy atom. The number of fused-ring (bicyclic) bond motifs is 6. The lowest BCUT2D eigenvalue weighted by atomic mass is 9.88. The van der Waals surface area contributed by atoms with Crippen LogP contribution in [0, 0.1) is 0 Å². The van der Waals surface area contributed by atoms with Gasteiger partial charge in [0.15, 0.2) is 0 Å². The van der Waals surface area contributed by atoms with Crippen molar-refractivity contribution in [1.29, 1.82) is 0 Å². The molecule has 3 nitrogen and oxygen atoms in total. The molecule has 0 saturated heterocycles. The fourth-order valence-electron chi connectivity index (χ4n) is 10.5. The molecule has 13 rings (SSSR count). The fraction of sp³-hybridized carbons (Fsp3) is 0. The average Bonchev–Trinajstić information content (AvgIpc) is 3.97. The highest BCUT2D eigenvalue weighted by Gasteiger charge is 2.22. The molecule has 3 heteroatoms. The summed E-state index contributed by atoms with van der Waals surface area (Å²) in [5.74, 6) is 0. The number of hydrogen-bond acceptors (Lipinski definition) is 2. The first-order valence-electron chi connectivity index (χ1n) is 23.6. The van der Waals surface area contributed by atoms with Gasteiger partial charge in [0.1, 0.15) is 11.2 Å². The van der Waals surface area contributed by atoms with Gasteiger partial charge < -0.3 is 13.9 Å². The second kappa shape index (κ2) is 16.9. The van der Waals surface area contributed by atoms with Crippen molar-refractivity contribution < 1.29 is 4.42 Å². The van der Waals surface area contributed by atoms with Crippen LogP contribution in [0.15, 0.2) is 271 Å². The molecule has 0 bridgehead atoms. The molecule has 2 heterocycles. The van der Waals surface area contributed by atoms with E-state index >= 15 is 0 Å². The minimum absolute atomic E-state index is 0.889. The summed E-state index contributed by atoms with van der Waals surface area (Å²) in [6.07, 6.45) is 0. The van der Waals surface area contributed by atoms with E-state index in [4.69, 9.17) is 4.42 Å². The van der Waals surface area contributed by atoms with E-state index in [0.29, 0.717) is 0 Å². The van der Waals surface area contributed by atoms with Gasteiger partial charge in [-0.25, -0.2) is 0 Å². The molecule has 324 valence electrons. The van der Waals surface area contributed by atoms with Crippen molar-refractivity contribution in [3.63, 3.8) is 0 Å². The monoisotopic (exact) mass is 880 g/mol. The number of aromatic nitrogens is 1. The normalized spacial score (nSPS) is 11.5. The Kier molecular flexibility index (Phi) is 9.84. The molecular formula is C66H44N2O. The Morgan fingerprint density at radius 1 is 0.275 bits per heavy atom. The van der Waals surface area contributed by atoms with Gasteiger partial charge in [-0.2, -0.15) is 0 Å². The van der Waals surface area contributed by atoms with Gasteiger partial charge in [0.2, 0.25) is 0 Å². The van der Waals surface area contributed by atoms with E-state index in [-0.39, 0.29) is 0 Å². The van der Waals surface area contributed by atoms with Crippen molar-refractivity contribution in [1.82, 2.24) is 4.57 Å². The van der Waals surface area contributed by atoms with Gasteiger partial charge in [0.25, 0.3) is 0 Å². The van der Waals surface area contributed by atoms with Gasteiger partial charge in [-0.1, -0.05) is 200 Å². The van der Waals surface area contributed by atoms with Gasteiger partial charge in [0, 0.05) is 44.0 Å². The molecule has 0 atom stereocenters. The van der Waals surface area contributed by atoms with Crippen LogP contribution in [0.3, 0.4) is 0 Å². The molecule has 2 aromatic heterocycles. The summed E-state index contributed by atoms with van der Waals surface area (Å²) in [7, 11) is 0. The Balaban J connectivity index is 0.952. The highest BCUT2D eigenvalue weighted by atomic mass is 16.3. The molecule has 0 fully saturated rings. The van der Waals surface area contributed by atoms with Crippen LogP contribution in [-0.4, -0.2) is 4.57 Å². The predicted molar refractivity (Wildman–Crippen MR) is 290 cm³/mol. The third-order valence-corrected chi connectivity index (χ3v) is 13.7. The first-order valence-corrected chi connectivity index (χ1v) is 23.6. The van der Waals surface area contributed by atoms with Crippen LogP contribution in [0.2, 0.25) is 0 Å². The minimum Gasteiger partial charge on any atom is -0.456 e. The minimum atomic E-state index is 0.889. The van der Waals surface area contributed by atoms with E-state index in [9.17, 15) is 0 Å². The average molecular weight is 881 g/mol. The first-order chi connectivity index (χ1) is 34.2. The van der Waals surface area contributed by atoms with Crippen molar-refractivity contribution in [2.45, 2.75) is 0 Å². The zero-order valence-corrected chi connectivity index (χ0v) is 37.7. The van der Waals surface area contributed by atoms with Gasteiger partial charge in [-0.05, 0) is 111 Å². The van der Waals surface area contributed by atoms with Gasteiger partial charge >= 0.3 is 0 Å². The van der Waals surface area contributed by atoms with Gasteiger partial charge in [-0.3, -0.25) is 0 Å². The second-order valence-electron chi connectivity index (χ2n) is 17.6. The van der Waals surface area contributed by atoms with Crippen molar-refractivity contribution in [2.75, 3.05) is 4.90 Å². The zero-order valence-electron chi connectivity index (χ0n) is 37.7. The van der Waals surface area contributed by atoms with Crippen LogP contribution in [0.1, 0.15) is 0 Å². The SMILES string of the molecule is c1ccc(-c2ccccc2-c2ccccc2-c2ccccc2N(c2ccc(-c3ccc4c(c3)oc3ccccc34)cc2)c2ccc(-c3ccccc3-n3c4ccccc4c4ccccc43)cc2)cc1. The summed E-state index contributed by atoms with van der Waals surface area (Å²) in [6, 6.07) is 96.2. The van der Waals surface area contributed by atoms with Crippen molar-refractivity contribution in [3.8, 4) is 61.3 Å². The quantitative estimate of drug-likeness (QED) is 0.144. The Hall–Kier alpha value is -9.18. The van der Waals surface area contributed by atoms with Crippen LogP contribution < -0.4 is 4.90 Å². The molecule has 0 unspecified atom stereocenters. The van der Waals surface area contributed by atoms with Gasteiger partial charge in [0.05, 0.1) is 22.4 Å². The molecule has 0 spiro atoms. The summed E-state index contributed by atoms with van der Waals surface area (Å²) in [5.41, 5.74) is 20.1. The predicted octanol–water partition coefficient (Wildman–Crippen LogP) is 18.5. The van der Waals surface area contributed by atoms with Crippen LogP contribution in [0.4, 0.5) is 17.1 Å². The number of benzene rings is 11. The summed E-state index contributed by atoms with van der Waals surface area (Å²) < 4.78 is 8.73. The number of hydrogen-bond donors (Lipinski definition) is 0. The summed E-state index contributed by atoms with van der Waals surface area (Å²) in [5, 5.41) is 4.76. The molecule has 13 aromatic rings.